The van der Waals surface area contributed by atoms with Crippen molar-refractivity contribution in [2.75, 3.05) is 6.54 Å². The summed E-state index contributed by atoms with van der Waals surface area (Å²) in [6.45, 7) is 6.40. The lowest BCUT2D eigenvalue weighted by Crippen LogP contribution is -2.28. The first kappa shape index (κ1) is 11.7. The second kappa shape index (κ2) is 5.53. The van der Waals surface area contributed by atoms with Crippen molar-refractivity contribution in [3.63, 3.8) is 0 Å². The first-order chi connectivity index (χ1) is 7.75. The molecule has 1 aromatic heterocycles. The van der Waals surface area contributed by atoms with Gasteiger partial charge in [0.25, 0.3) is 0 Å². The van der Waals surface area contributed by atoms with Crippen molar-refractivity contribution >= 4 is 0 Å². The minimum atomic E-state index is 0.866. The van der Waals surface area contributed by atoms with Crippen LogP contribution in [-0.4, -0.2) is 6.54 Å². The van der Waals surface area contributed by atoms with Crippen molar-refractivity contribution in [3.8, 4) is 0 Å². The van der Waals surface area contributed by atoms with Crippen LogP contribution in [0.4, 0.5) is 0 Å². The van der Waals surface area contributed by atoms with Gasteiger partial charge in [0.15, 0.2) is 0 Å². The minimum Gasteiger partial charge on any atom is -0.465 e. The largest absolute Gasteiger partial charge is 0.465 e. The Kier molecular flexibility index (Phi) is 4.05. The molecule has 2 unspecified atom stereocenters. The van der Waals surface area contributed by atoms with Crippen molar-refractivity contribution in [1.82, 2.24) is 5.32 Å². The molecule has 1 aliphatic rings. The monoisotopic (exact) mass is 221 g/mol. The lowest BCUT2D eigenvalue weighted by Gasteiger charge is -2.28. The van der Waals surface area contributed by atoms with Crippen LogP contribution in [-0.2, 0) is 6.54 Å². The third-order valence-electron chi connectivity index (χ3n) is 3.79. The Hall–Kier alpha value is -0.760. The van der Waals surface area contributed by atoms with Crippen LogP contribution in [0.5, 0.6) is 0 Å². The van der Waals surface area contributed by atoms with Gasteiger partial charge in [0.1, 0.15) is 11.5 Å². The first-order valence-electron chi connectivity index (χ1n) is 6.52. The predicted molar refractivity (Wildman–Crippen MR) is 66.3 cm³/mol. The summed E-state index contributed by atoms with van der Waals surface area (Å²) in [4.78, 5) is 0. The summed E-state index contributed by atoms with van der Waals surface area (Å²) >= 11 is 0. The lowest BCUT2D eigenvalue weighted by atomic mass is 9.80. The summed E-state index contributed by atoms with van der Waals surface area (Å²) in [6, 6.07) is 4.09. The zero-order chi connectivity index (χ0) is 11.4. The zero-order valence-electron chi connectivity index (χ0n) is 10.5. The molecule has 0 aliphatic heterocycles. The van der Waals surface area contributed by atoms with E-state index in [1.54, 1.807) is 0 Å². The van der Waals surface area contributed by atoms with Crippen LogP contribution in [0.1, 0.15) is 44.1 Å². The van der Waals surface area contributed by atoms with Crippen molar-refractivity contribution in [3.05, 3.63) is 23.7 Å². The van der Waals surface area contributed by atoms with Crippen LogP contribution in [0, 0.1) is 18.8 Å². The van der Waals surface area contributed by atoms with E-state index in [1.165, 1.54) is 25.7 Å². The molecular weight excluding hydrogens is 198 g/mol. The van der Waals surface area contributed by atoms with Gasteiger partial charge in [0.05, 0.1) is 6.54 Å². The second-order valence-electron chi connectivity index (χ2n) is 5.17. The molecule has 1 heterocycles. The Morgan fingerprint density at radius 2 is 2.12 bits per heavy atom. The van der Waals surface area contributed by atoms with Crippen molar-refractivity contribution < 1.29 is 4.42 Å². The normalized spacial score (nSPS) is 25.9. The summed E-state index contributed by atoms with van der Waals surface area (Å²) in [6.07, 6.45) is 5.64. The van der Waals surface area contributed by atoms with E-state index < -0.39 is 0 Å². The van der Waals surface area contributed by atoms with Crippen LogP contribution in [0.3, 0.4) is 0 Å². The summed E-state index contributed by atoms with van der Waals surface area (Å²) in [5.41, 5.74) is 0. The SMILES string of the molecule is Cc1ccc(CNCC2CCCCC2C)o1. The molecule has 1 N–H and O–H groups in total. The number of nitrogens with one attached hydrogen (secondary N) is 1. The van der Waals surface area contributed by atoms with Crippen LogP contribution in [0.2, 0.25) is 0 Å². The Morgan fingerprint density at radius 1 is 1.31 bits per heavy atom. The van der Waals surface area contributed by atoms with Gasteiger partial charge in [-0.05, 0) is 43.9 Å². The highest BCUT2D eigenvalue weighted by Crippen LogP contribution is 2.28. The van der Waals surface area contributed by atoms with Crippen LogP contribution in [0.15, 0.2) is 16.5 Å². The van der Waals surface area contributed by atoms with Gasteiger partial charge >= 0.3 is 0 Å². The molecule has 16 heavy (non-hydrogen) atoms. The van der Waals surface area contributed by atoms with Crippen LogP contribution < -0.4 is 5.32 Å². The predicted octanol–water partition coefficient (Wildman–Crippen LogP) is 3.50. The van der Waals surface area contributed by atoms with Crippen LogP contribution in [0.25, 0.3) is 0 Å². The summed E-state index contributed by atoms with van der Waals surface area (Å²) < 4.78 is 5.54. The number of hydrogen-bond donors (Lipinski definition) is 1. The highest BCUT2D eigenvalue weighted by atomic mass is 16.3. The minimum absolute atomic E-state index is 0.866. The third kappa shape index (κ3) is 3.11. The fourth-order valence-electron chi connectivity index (χ4n) is 2.66. The van der Waals surface area contributed by atoms with Gasteiger partial charge < -0.3 is 9.73 Å². The summed E-state index contributed by atoms with van der Waals surface area (Å²) in [5.74, 6) is 3.81. The topological polar surface area (TPSA) is 25.2 Å². The van der Waals surface area contributed by atoms with E-state index in [0.717, 1.165) is 36.4 Å². The van der Waals surface area contributed by atoms with Gasteiger partial charge in [0.2, 0.25) is 0 Å². The van der Waals surface area contributed by atoms with Gasteiger partial charge in [-0.2, -0.15) is 0 Å². The van der Waals surface area contributed by atoms with E-state index in [1.807, 2.05) is 13.0 Å². The molecular formula is C14H23NO. The van der Waals surface area contributed by atoms with Crippen molar-refractivity contribution in [2.45, 2.75) is 46.1 Å². The third-order valence-corrected chi connectivity index (χ3v) is 3.79. The van der Waals surface area contributed by atoms with E-state index in [9.17, 15) is 0 Å². The Labute approximate surface area is 98.4 Å². The second-order valence-corrected chi connectivity index (χ2v) is 5.17. The van der Waals surface area contributed by atoms with Gasteiger partial charge in [-0.3, -0.25) is 0 Å². The zero-order valence-corrected chi connectivity index (χ0v) is 10.5. The van der Waals surface area contributed by atoms with E-state index in [0.29, 0.717) is 0 Å². The molecule has 0 saturated heterocycles. The molecule has 1 aromatic rings. The highest BCUT2D eigenvalue weighted by molar-refractivity contribution is 5.05. The molecule has 0 amide bonds. The number of furan rings is 1. The number of rotatable bonds is 4. The molecule has 1 fully saturated rings. The van der Waals surface area contributed by atoms with Gasteiger partial charge in [0, 0.05) is 0 Å². The molecule has 1 saturated carbocycles. The lowest BCUT2D eigenvalue weighted by molar-refractivity contribution is 0.245. The van der Waals surface area contributed by atoms with Gasteiger partial charge in [-0.15, -0.1) is 0 Å². The average molecular weight is 221 g/mol. The standard InChI is InChI=1S/C14H23NO/c1-11-5-3-4-6-13(11)9-15-10-14-8-7-12(2)16-14/h7-8,11,13,15H,3-6,9-10H2,1-2H3. The molecule has 0 radical (unpaired) electrons. The van der Waals surface area contributed by atoms with E-state index >= 15 is 0 Å². The molecule has 2 rings (SSSR count). The Morgan fingerprint density at radius 3 is 2.81 bits per heavy atom. The van der Waals surface area contributed by atoms with Gasteiger partial charge in [-0.25, -0.2) is 0 Å². The highest BCUT2D eigenvalue weighted by Gasteiger charge is 2.20. The fraction of sp³-hybridized carbons (Fsp3) is 0.714. The maximum Gasteiger partial charge on any atom is 0.117 e. The quantitative estimate of drug-likeness (QED) is 0.841. The maximum absolute atomic E-state index is 5.54. The Bertz CT molecular complexity index is 318. The maximum atomic E-state index is 5.54. The molecule has 1 aliphatic carbocycles. The van der Waals surface area contributed by atoms with E-state index in [4.69, 9.17) is 4.42 Å². The van der Waals surface area contributed by atoms with Crippen LogP contribution >= 0.6 is 0 Å². The Balaban J connectivity index is 1.71. The van der Waals surface area contributed by atoms with Crippen molar-refractivity contribution in [1.29, 1.82) is 0 Å². The summed E-state index contributed by atoms with van der Waals surface area (Å²) in [7, 11) is 0. The van der Waals surface area contributed by atoms with E-state index in [2.05, 4.69) is 18.3 Å². The molecule has 2 nitrogen and oxygen atoms in total. The smallest absolute Gasteiger partial charge is 0.117 e. The molecule has 0 spiro atoms. The first-order valence-corrected chi connectivity index (χ1v) is 6.52. The fourth-order valence-corrected chi connectivity index (χ4v) is 2.66. The molecule has 2 heteroatoms. The summed E-state index contributed by atoms with van der Waals surface area (Å²) in [5, 5.41) is 3.52. The van der Waals surface area contributed by atoms with Gasteiger partial charge in [-0.1, -0.05) is 26.2 Å². The molecule has 0 aromatic carbocycles. The molecule has 2 atom stereocenters. The number of aryl methyl sites for hydroxylation is 1. The number of hydrogen-bond acceptors (Lipinski definition) is 2. The average Bonchev–Trinajstić information content (AvgIpc) is 2.67. The van der Waals surface area contributed by atoms with E-state index in [-0.39, 0.29) is 0 Å². The molecule has 0 bridgehead atoms. The van der Waals surface area contributed by atoms with Crippen molar-refractivity contribution in [2.24, 2.45) is 11.8 Å². The molecule has 90 valence electrons.